The van der Waals surface area contributed by atoms with Crippen LogP contribution in [0, 0.1) is 0 Å². The van der Waals surface area contributed by atoms with Crippen LogP contribution in [-0.4, -0.2) is 25.7 Å². The molecule has 18 heavy (non-hydrogen) atoms. The smallest absolute Gasteiger partial charge is 0.405 e. The number of carbonyl (C=O) groups excluding carboxylic acids is 1. The van der Waals surface area contributed by atoms with Crippen molar-refractivity contribution in [2.45, 2.75) is 19.0 Å². The van der Waals surface area contributed by atoms with Crippen LogP contribution in [0.3, 0.4) is 0 Å². The van der Waals surface area contributed by atoms with Crippen molar-refractivity contribution in [3.05, 3.63) is 29.8 Å². The minimum Gasteiger partial charge on any atom is -0.497 e. The number of halogens is 3. The number of nitrogens with one attached hydrogen (secondary N) is 1. The average molecular weight is 261 g/mol. The fraction of sp³-hybridized carbons (Fsp3) is 0.417. The fourth-order valence-electron chi connectivity index (χ4n) is 1.37. The zero-order valence-corrected chi connectivity index (χ0v) is 9.88. The summed E-state index contributed by atoms with van der Waals surface area (Å²) in [6, 6.07) is 7.06. The molecule has 1 N–H and O–H groups in total. The number of benzene rings is 1. The number of aryl methyl sites for hydroxylation is 1. The first-order valence-electron chi connectivity index (χ1n) is 5.37. The van der Waals surface area contributed by atoms with Gasteiger partial charge in [0.25, 0.3) is 0 Å². The molecule has 3 nitrogen and oxygen atoms in total. The lowest BCUT2D eigenvalue weighted by atomic mass is 10.1. The molecule has 0 aliphatic rings. The van der Waals surface area contributed by atoms with E-state index in [1.54, 1.807) is 24.3 Å². The number of hydrogen-bond acceptors (Lipinski definition) is 2. The first-order valence-corrected chi connectivity index (χ1v) is 5.37. The molecule has 0 aliphatic carbocycles. The number of rotatable bonds is 5. The van der Waals surface area contributed by atoms with Gasteiger partial charge in [0.15, 0.2) is 0 Å². The summed E-state index contributed by atoms with van der Waals surface area (Å²) in [6.07, 6.45) is -3.98. The number of amides is 1. The van der Waals surface area contributed by atoms with E-state index in [1.165, 1.54) is 7.11 Å². The highest BCUT2D eigenvalue weighted by Crippen LogP contribution is 2.14. The van der Waals surface area contributed by atoms with Gasteiger partial charge in [-0.05, 0) is 24.1 Å². The SMILES string of the molecule is COc1cccc(CCC(=O)NCC(F)(F)F)c1. The molecule has 1 aromatic rings. The van der Waals surface area contributed by atoms with Gasteiger partial charge in [-0.2, -0.15) is 13.2 Å². The van der Waals surface area contributed by atoms with Crippen molar-refractivity contribution >= 4 is 5.91 Å². The molecule has 0 fully saturated rings. The first-order chi connectivity index (χ1) is 8.40. The quantitative estimate of drug-likeness (QED) is 0.883. The Hall–Kier alpha value is -1.72. The summed E-state index contributed by atoms with van der Waals surface area (Å²) in [5, 5.41) is 1.83. The van der Waals surface area contributed by atoms with E-state index in [2.05, 4.69) is 0 Å². The molecule has 1 rings (SSSR count). The third-order valence-corrected chi connectivity index (χ3v) is 2.26. The Morgan fingerprint density at radius 3 is 2.72 bits per heavy atom. The van der Waals surface area contributed by atoms with E-state index in [9.17, 15) is 18.0 Å². The van der Waals surface area contributed by atoms with E-state index in [0.717, 1.165) is 5.56 Å². The van der Waals surface area contributed by atoms with Crippen LogP contribution >= 0.6 is 0 Å². The summed E-state index contributed by atoms with van der Waals surface area (Å²) in [5.74, 6) is 0.0401. The van der Waals surface area contributed by atoms with Crippen molar-refractivity contribution in [1.82, 2.24) is 5.32 Å². The third-order valence-electron chi connectivity index (χ3n) is 2.26. The van der Waals surface area contributed by atoms with Gasteiger partial charge in [0.2, 0.25) is 5.91 Å². The highest BCUT2D eigenvalue weighted by atomic mass is 19.4. The van der Waals surface area contributed by atoms with Gasteiger partial charge in [-0.15, -0.1) is 0 Å². The molecule has 0 atom stereocenters. The lowest BCUT2D eigenvalue weighted by molar-refractivity contribution is -0.138. The van der Waals surface area contributed by atoms with E-state index in [-0.39, 0.29) is 6.42 Å². The van der Waals surface area contributed by atoms with Crippen LogP contribution in [0.1, 0.15) is 12.0 Å². The number of alkyl halides is 3. The predicted octanol–water partition coefficient (Wildman–Crippen LogP) is 2.31. The summed E-state index contributed by atoms with van der Waals surface area (Å²) in [4.78, 5) is 11.2. The van der Waals surface area contributed by atoms with Gasteiger partial charge >= 0.3 is 6.18 Å². The lowest BCUT2D eigenvalue weighted by Gasteiger charge is -2.08. The van der Waals surface area contributed by atoms with Crippen molar-refractivity contribution in [1.29, 1.82) is 0 Å². The number of ether oxygens (including phenoxy) is 1. The van der Waals surface area contributed by atoms with Crippen LogP contribution in [0.25, 0.3) is 0 Å². The van der Waals surface area contributed by atoms with Gasteiger partial charge in [0.1, 0.15) is 12.3 Å². The van der Waals surface area contributed by atoms with E-state index in [4.69, 9.17) is 4.74 Å². The van der Waals surface area contributed by atoms with E-state index in [1.807, 2.05) is 5.32 Å². The van der Waals surface area contributed by atoms with Crippen LogP contribution in [0.2, 0.25) is 0 Å². The monoisotopic (exact) mass is 261 g/mol. The Labute approximate surface area is 103 Å². The maximum absolute atomic E-state index is 11.8. The molecule has 100 valence electrons. The van der Waals surface area contributed by atoms with Crippen molar-refractivity contribution in [2.24, 2.45) is 0 Å². The number of carbonyl (C=O) groups is 1. The van der Waals surface area contributed by atoms with Crippen molar-refractivity contribution < 1.29 is 22.7 Å². The van der Waals surface area contributed by atoms with Gasteiger partial charge in [-0.1, -0.05) is 12.1 Å². The molecule has 0 saturated heterocycles. The zero-order chi connectivity index (χ0) is 13.6. The third kappa shape index (κ3) is 5.56. The van der Waals surface area contributed by atoms with E-state index >= 15 is 0 Å². The van der Waals surface area contributed by atoms with Crippen molar-refractivity contribution in [2.75, 3.05) is 13.7 Å². The van der Waals surface area contributed by atoms with Gasteiger partial charge in [0.05, 0.1) is 7.11 Å². The first kappa shape index (κ1) is 14.3. The summed E-state index contributed by atoms with van der Waals surface area (Å²) in [6.45, 7) is -1.29. The van der Waals surface area contributed by atoms with Crippen LogP contribution in [-0.2, 0) is 11.2 Å². The molecular formula is C12H14F3NO2. The minimum absolute atomic E-state index is 0.0171. The summed E-state index contributed by atoms with van der Waals surface area (Å²) < 4.78 is 40.5. The van der Waals surface area contributed by atoms with Crippen molar-refractivity contribution in [3.63, 3.8) is 0 Å². The minimum atomic E-state index is -4.37. The average Bonchev–Trinajstić information content (AvgIpc) is 2.33. The van der Waals surface area contributed by atoms with Gasteiger partial charge in [-0.3, -0.25) is 4.79 Å². The Bertz CT molecular complexity index is 405. The van der Waals surface area contributed by atoms with Crippen LogP contribution in [0.15, 0.2) is 24.3 Å². The number of hydrogen-bond donors (Lipinski definition) is 1. The molecular weight excluding hydrogens is 247 g/mol. The highest BCUT2D eigenvalue weighted by molar-refractivity contribution is 5.76. The fourth-order valence-corrected chi connectivity index (χ4v) is 1.37. The van der Waals surface area contributed by atoms with E-state index in [0.29, 0.717) is 12.2 Å². The van der Waals surface area contributed by atoms with Crippen LogP contribution < -0.4 is 10.1 Å². The second-order valence-electron chi connectivity index (χ2n) is 3.74. The Kier molecular flexibility index (Phi) is 5.00. The van der Waals surface area contributed by atoms with E-state index < -0.39 is 18.6 Å². The Morgan fingerprint density at radius 2 is 2.11 bits per heavy atom. The topological polar surface area (TPSA) is 38.3 Å². The molecule has 6 heteroatoms. The Balaban J connectivity index is 2.38. The molecule has 1 amide bonds. The second kappa shape index (κ2) is 6.28. The molecule has 0 aliphatic heterocycles. The molecule has 0 saturated carbocycles. The number of methoxy groups -OCH3 is 1. The molecule has 0 heterocycles. The molecule has 0 aromatic heterocycles. The maximum Gasteiger partial charge on any atom is 0.405 e. The highest BCUT2D eigenvalue weighted by Gasteiger charge is 2.27. The van der Waals surface area contributed by atoms with Crippen molar-refractivity contribution in [3.8, 4) is 5.75 Å². The second-order valence-corrected chi connectivity index (χ2v) is 3.74. The molecule has 0 spiro atoms. The normalized spacial score (nSPS) is 11.1. The lowest BCUT2D eigenvalue weighted by Crippen LogP contribution is -2.33. The van der Waals surface area contributed by atoms with Gasteiger partial charge in [0, 0.05) is 6.42 Å². The van der Waals surface area contributed by atoms with Gasteiger partial charge < -0.3 is 10.1 Å². The maximum atomic E-state index is 11.8. The molecule has 0 radical (unpaired) electrons. The molecule has 1 aromatic carbocycles. The summed E-state index contributed by atoms with van der Waals surface area (Å²) in [5.41, 5.74) is 0.844. The molecule has 0 unspecified atom stereocenters. The summed E-state index contributed by atoms with van der Waals surface area (Å²) >= 11 is 0. The zero-order valence-electron chi connectivity index (χ0n) is 9.88. The largest absolute Gasteiger partial charge is 0.497 e. The van der Waals surface area contributed by atoms with Gasteiger partial charge in [-0.25, -0.2) is 0 Å². The summed E-state index contributed by atoms with van der Waals surface area (Å²) in [7, 11) is 1.52. The van der Waals surface area contributed by atoms with Crippen LogP contribution in [0.5, 0.6) is 5.75 Å². The molecule has 0 bridgehead atoms. The standard InChI is InChI=1S/C12H14F3NO2/c1-18-10-4-2-3-9(7-10)5-6-11(17)16-8-12(13,14)15/h2-4,7H,5-6,8H2,1H3,(H,16,17). The predicted molar refractivity (Wildman–Crippen MR) is 60.4 cm³/mol. The van der Waals surface area contributed by atoms with Crippen LogP contribution in [0.4, 0.5) is 13.2 Å². The Morgan fingerprint density at radius 1 is 1.39 bits per heavy atom.